The molecule has 0 saturated heterocycles. The number of nitrogens with two attached hydrogens (primary N) is 1. The van der Waals surface area contributed by atoms with E-state index in [9.17, 15) is 22.8 Å². The Kier molecular flexibility index (Phi) is 5.93. The maximum absolute atomic E-state index is 12.9. The Morgan fingerprint density at radius 1 is 1.26 bits per heavy atom. The van der Waals surface area contributed by atoms with Gasteiger partial charge in [-0.25, -0.2) is 4.79 Å². The first-order chi connectivity index (χ1) is 12.6. The SMILES string of the molecule is COc1ccc(N(CC(F)(F)F)C(=O)COC(=O)c2c(C)noc2N)cc1. The van der Waals surface area contributed by atoms with Crippen molar-refractivity contribution < 1.29 is 36.8 Å². The van der Waals surface area contributed by atoms with Crippen molar-refractivity contribution in [2.24, 2.45) is 0 Å². The third-order valence-electron chi connectivity index (χ3n) is 3.44. The normalized spacial score (nSPS) is 11.1. The Morgan fingerprint density at radius 2 is 1.89 bits per heavy atom. The van der Waals surface area contributed by atoms with Gasteiger partial charge in [-0.2, -0.15) is 13.2 Å². The Morgan fingerprint density at radius 3 is 2.37 bits per heavy atom. The van der Waals surface area contributed by atoms with Crippen molar-refractivity contribution in [3.63, 3.8) is 0 Å². The molecule has 0 aliphatic heterocycles. The highest BCUT2D eigenvalue weighted by Gasteiger charge is 2.34. The van der Waals surface area contributed by atoms with Gasteiger partial charge in [-0.15, -0.1) is 0 Å². The van der Waals surface area contributed by atoms with Crippen molar-refractivity contribution in [1.82, 2.24) is 5.16 Å². The molecule has 0 saturated carbocycles. The van der Waals surface area contributed by atoms with Crippen molar-refractivity contribution in [2.75, 3.05) is 30.9 Å². The maximum Gasteiger partial charge on any atom is 0.406 e. The van der Waals surface area contributed by atoms with E-state index in [0.717, 1.165) is 0 Å². The Hall–Kier alpha value is -3.24. The lowest BCUT2D eigenvalue weighted by Gasteiger charge is -2.24. The second-order valence-corrected chi connectivity index (χ2v) is 5.38. The van der Waals surface area contributed by atoms with Crippen LogP contribution in [0.5, 0.6) is 5.75 Å². The van der Waals surface area contributed by atoms with Gasteiger partial charge in [0.1, 0.15) is 17.9 Å². The van der Waals surface area contributed by atoms with E-state index in [2.05, 4.69) is 9.68 Å². The predicted molar refractivity (Wildman–Crippen MR) is 87.3 cm³/mol. The number of carbonyl (C=O) groups is 2. The van der Waals surface area contributed by atoms with E-state index in [1.807, 2.05) is 0 Å². The molecule has 2 aromatic rings. The summed E-state index contributed by atoms with van der Waals surface area (Å²) in [7, 11) is 1.39. The summed E-state index contributed by atoms with van der Waals surface area (Å²) < 4.78 is 52.9. The van der Waals surface area contributed by atoms with Crippen LogP contribution < -0.4 is 15.4 Å². The highest BCUT2D eigenvalue weighted by atomic mass is 19.4. The molecule has 0 unspecified atom stereocenters. The number of methoxy groups -OCH3 is 1. The average Bonchev–Trinajstić information content (AvgIpc) is 2.95. The van der Waals surface area contributed by atoms with E-state index in [0.29, 0.717) is 10.6 Å². The minimum atomic E-state index is -4.66. The van der Waals surface area contributed by atoms with Crippen molar-refractivity contribution in [3.8, 4) is 5.75 Å². The molecule has 2 rings (SSSR count). The van der Waals surface area contributed by atoms with Gasteiger partial charge in [0.05, 0.1) is 12.8 Å². The molecule has 27 heavy (non-hydrogen) atoms. The minimum Gasteiger partial charge on any atom is -0.497 e. The first kappa shape index (κ1) is 20.1. The second-order valence-electron chi connectivity index (χ2n) is 5.38. The molecule has 1 aromatic carbocycles. The van der Waals surface area contributed by atoms with E-state index in [4.69, 9.17) is 15.2 Å². The molecule has 1 heterocycles. The van der Waals surface area contributed by atoms with Gasteiger partial charge in [0.2, 0.25) is 5.88 Å². The first-order valence-electron chi connectivity index (χ1n) is 7.52. The zero-order valence-electron chi connectivity index (χ0n) is 14.4. The molecule has 1 amide bonds. The van der Waals surface area contributed by atoms with Gasteiger partial charge in [-0.1, -0.05) is 5.16 Å². The molecule has 0 bridgehead atoms. The van der Waals surface area contributed by atoms with Gasteiger partial charge < -0.3 is 24.6 Å². The number of esters is 1. The predicted octanol–water partition coefficient (Wildman–Crippen LogP) is 2.33. The number of aryl methyl sites for hydroxylation is 1. The molecular formula is C16H16F3N3O5. The fourth-order valence-corrected chi connectivity index (χ4v) is 2.18. The summed E-state index contributed by atoms with van der Waals surface area (Å²) in [6.07, 6.45) is -4.66. The quantitative estimate of drug-likeness (QED) is 0.758. The molecule has 2 N–H and O–H groups in total. The second kappa shape index (κ2) is 7.98. The van der Waals surface area contributed by atoms with Gasteiger partial charge in [-0.3, -0.25) is 4.79 Å². The van der Waals surface area contributed by atoms with Gasteiger partial charge in [0.25, 0.3) is 5.91 Å². The average molecular weight is 387 g/mol. The van der Waals surface area contributed by atoms with Crippen molar-refractivity contribution >= 4 is 23.4 Å². The van der Waals surface area contributed by atoms with Gasteiger partial charge >= 0.3 is 12.1 Å². The molecule has 0 radical (unpaired) electrons. The van der Waals surface area contributed by atoms with Crippen molar-refractivity contribution in [2.45, 2.75) is 13.1 Å². The minimum absolute atomic E-state index is 0.0325. The highest BCUT2D eigenvalue weighted by Crippen LogP contribution is 2.25. The number of aromatic nitrogens is 1. The number of carbonyl (C=O) groups excluding carboxylic acids is 2. The molecule has 0 aliphatic carbocycles. The lowest BCUT2D eigenvalue weighted by Crippen LogP contribution is -2.41. The third kappa shape index (κ3) is 5.12. The summed E-state index contributed by atoms with van der Waals surface area (Å²) in [6.45, 7) is -1.05. The Bertz CT molecular complexity index is 798. The van der Waals surface area contributed by atoms with Gasteiger partial charge in [0, 0.05) is 5.69 Å². The molecule has 0 atom stereocenters. The van der Waals surface area contributed by atoms with E-state index >= 15 is 0 Å². The van der Waals surface area contributed by atoms with Crippen LogP contribution in [0.1, 0.15) is 16.1 Å². The molecule has 8 nitrogen and oxygen atoms in total. The lowest BCUT2D eigenvalue weighted by molar-refractivity contribution is -0.134. The molecule has 11 heteroatoms. The van der Waals surface area contributed by atoms with Crippen molar-refractivity contribution in [1.29, 1.82) is 0 Å². The number of hydrogen-bond donors (Lipinski definition) is 1. The van der Waals surface area contributed by atoms with Crippen LogP contribution in [-0.4, -0.2) is 43.5 Å². The summed E-state index contributed by atoms with van der Waals surface area (Å²) in [5.41, 5.74) is 5.34. The van der Waals surface area contributed by atoms with Gasteiger partial charge in [-0.05, 0) is 31.2 Å². The summed E-state index contributed by atoms with van der Waals surface area (Å²) in [4.78, 5) is 24.7. The number of ether oxygens (including phenoxy) is 2. The monoisotopic (exact) mass is 387 g/mol. The summed E-state index contributed by atoms with van der Waals surface area (Å²) in [5, 5.41) is 3.46. The fourth-order valence-electron chi connectivity index (χ4n) is 2.18. The molecule has 1 aromatic heterocycles. The van der Waals surface area contributed by atoms with E-state index in [-0.39, 0.29) is 22.8 Å². The third-order valence-corrected chi connectivity index (χ3v) is 3.44. The number of halogens is 3. The summed E-state index contributed by atoms with van der Waals surface area (Å²) >= 11 is 0. The fraction of sp³-hybridized carbons (Fsp3) is 0.312. The van der Waals surface area contributed by atoms with Crippen LogP contribution in [0.4, 0.5) is 24.7 Å². The van der Waals surface area contributed by atoms with Crippen LogP contribution in [0.15, 0.2) is 28.8 Å². The zero-order valence-corrected chi connectivity index (χ0v) is 14.4. The number of hydrogen-bond acceptors (Lipinski definition) is 7. The number of rotatable bonds is 6. The number of alkyl halides is 3. The smallest absolute Gasteiger partial charge is 0.406 e. The molecule has 146 valence electrons. The number of nitrogens with zero attached hydrogens (tertiary/aromatic N) is 2. The van der Waals surface area contributed by atoms with Gasteiger partial charge in [0.15, 0.2) is 6.61 Å². The van der Waals surface area contributed by atoms with Crippen LogP contribution >= 0.6 is 0 Å². The standard InChI is InChI=1S/C16H16F3N3O5/c1-9-13(14(20)27-21-9)15(24)26-7-12(23)22(8-16(17,18)19)10-3-5-11(25-2)6-4-10/h3-6H,7-8,20H2,1-2H3. The van der Waals surface area contributed by atoms with Crippen LogP contribution in [0.3, 0.4) is 0 Å². The molecular weight excluding hydrogens is 371 g/mol. The van der Waals surface area contributed by atoms with Crippen LogP contribution in [-0.2, 0) is 9.53 Å². The molecule has 0 aliphatic rings. The van der Waals surface area contributed by atoms with Crippen LogP contribution in [0.2, 0.25) is 0 Å². The number of benzene rings is 1. The van der Waals surface area contributed by atoms with E-state index < -0.39 is 31.2 Å². The first-order valence-corrected chi connectivity index (χ1v) is 7.52. The number of nitrogen functional groups attached to an aromatic ring is 1. The van der Waals surface area contributed by atoms with Crippen LogP contribution in [0.25, 0.3) is 0 Å². The summed E-state index contributed by atoms with van der Waals surface area (Å²) in [6, 6.07) is 5.37. The maximum atomic E-state index is 12.9. The summed E-state index contributed by atoms with van der Waals surface area (Å²) in [5.74, 6) is -2.00. The number of anilines is 2. The Balaban J connectivity index is 2.14. The van der Waals surface area contributed by atoms with E-state index in [1.165, 1.54) is 38.3 Å². The number of amides is 1. The molecule has 0 spiro atoms. The lowest BCUT2D eigenvalue weighted by atomic mass is 10.2. The topological polar surface area (TPSA) is 108 Å². The highest BCUT2D eigenvalue weighted by molar-refractivity contribution is 5.99. The van der Waals surface area contributed by atoms with Crippen molar-refractivity contribution in [3.05, 3.63) is 35.5 Å². The van der Waals surface area contributed by atoms with Crippen LogP contribution in [0, 0.1) is 6.92 Å². The largest absolute Gasteiger partial charge is 0.497 e. The Labute approximate surface area is 151 Å². The molecule has 0 fully saturated rings. The zero-order chi connectivity index (χ0) is 20.2. The van der Waals surface area contributed by atoms with E-state index in [1.54, 1.807) is 0 Å².